The fourth-order valence-electron chi connectivity index (χ4n) is 5.40. The Kier molecular flexibility index (Phi) is 2.73. The molecule has 4 atom stereocenters. The van der Waals surface area contributed by atoms with Crippen molar-refractivity contribution < 1.29 is 19.1 Å². The van der Waals surface area contributed by atoms with Crippen LogP contribution in [0.2, 0.25) is 0 Å². The van der Waals surface area contributed by atoms with Gasteiger partial charge in [0.2, 0.25) is 11.8 Å². The number of anilines is 1. The van der Waals surface area contributed by atoms with E-state index in [1.54, 1.807) is 18.2 Å². The van der Waals surface area contributed by atoms with Crippen molar-refractivity contribution in [2.45, 2.75) is 19.8 Å². The number of amides is 2. The molecule has 1 spiro atoms. The van der Waals surface area contributed by atoms with E-state index in [0.29, 0.717) is 17.0 Å². The Morgan fingerprint density at radius 3 is 2.20 bits per heavy atom. The lowest BCUT2D eigenvalue weighted by molar-refractivity contribution is -0.123. The highest BCUT2D eigenvalue weighted by Gasteiger charge is 2.73. The number of hydrogen-bond acceptors (Lipinski definition) is 4. The number of fused-ring (bicyclic) bond motifs is 3. The zero-order valence-electron chi connectivity index (χ0n) is 14.2. The maximum Gasteiger partial charge on any atom is 0.238 e. The lowest BCUT2D eigenvalue weighted by atomic mass is 9.85. The first kappa shape index (κ1) is 14.9. The lowest BCUT2D eigenvalue weighted by Gasteiger charge is -2.23. The number of ketones is 1. The zero-order chi connectivity index (χ0) is 17.5. The van der Waals surface area contributed by atoms with Crippen LogP contribution in [0, 0.1) is 29.1 Å². The molecule has 2 amide bonds. The van der Waals surface area contributed by atoms with Crippen LogP contribution in [-0.4, -0.2) is 24.7 Å². The molecule has 1 heterocycles. The summed E-state index contributed by atoms with van der Waals surface area (Å²) in [6.07, 6.45) is 6.53. The average molecular weight is 337 g/mol. The molecular formula is C20H19NO4. The molecule has 4 aliphatic rings. The Labute approximate surface area is 145 Å². The first-order chi connectivity index (χ1) is 12.0. The molecule has 0 radical (unpaired) electrons. The van der Waals surface area contributed by atoms with Crippen molar-refractivity contribution in [2.75, 3.05) is 12.0 Å². The smallest absolute Gasteiger partial charge is 0.238 e. The van der Waals surface area contributed by atoms with E-state index in [4.69, 9.17) is 4.74 Å². The van der Waals surface area contributed by atoms with Crippen LogP contribution in [0.3, 0.4) is 0 Å². The Balaban J connectivity index is 1.59. The summed E-state index contributed by atoms with van der Waals surface area (Å²) in [6, 6.07) is 4.90. The number of ether oxygens (including phenoxy) is 1. The number of carbonyl (C=O) groups is 3. The van der Waals surface area contributed by atoms with Crippen LogP contribution >= 0.6 is 0 Å². The molecule has 1 aliphatic heterocycles. The third-order valence-electron chi connectivity index (χ3n) is 6.68. The van der Waals surface area contributed by atoms with Crippen LogP contribution in [0.5, 0.6) is 5.75 Å². The largest absolute Gasteiger partial charge is 0.495 e. The van der Waals surface area contributed by atoms with Crippen molar-refractivity contribution in [3.8, 4) is 5.75 Å². The highest BCUT2D eigenvalue weighted by atomic mass is 16.5. The van der Waals surface area contributed by atoms with Crippen molar-refractivity contribution in [3.05, 3.63) is 35.9 Å². The Morgan fingerprint density at radius 1 is 1.12 bits per heavy atom. The van der Waals surface area contributed by atoms with Gasteiger partial charge in [0.1, 0.15) is 5.75 Å². The highest BCUT2D eigenvalue weighted by molar-refractivity contribution is 6.24. The number of hydrogen-bond donors (Lipinski definition) is 0. The van der Waals surface area contributed by atoms with Crippen molar-refractivity contribution in [3.63, 3.8) is 0 Å². The number of rotatable bonds is 3. The SMILES string of the molecule is COc1ccc(C(C)=O)cc1N1C(=O)[C@@H]2[C@@H](C1=O)[C@H]1C=C[C@H]2C12CC2. The summed E-state index contributed by atoms with van der Waals surface area (Å²) in [5.41, 5.74) is 1.04. The molecule has 1 aromatic carbocycles. The fourth-order valence-corrected chi connectivity index (χ4v) is 5.40. The quantitative estimate of drug-likeness (QED) is 0.483. The molecule has 5 nitrogen and oxygen atoms in total. The predicted octanol–water partition coefficient (Wildman–Crippen LogP) is 2.60. The third-order valence-corrected chi connectivity index (χ3v) is 6.68. The van der Waals surface area contributed by atoms with E-state index in [2.05, 4.69) is 12.2 Å². The Morgan fingerprint density at radius 2 is 1.72 bits per heavy atom. The monoisotopic (exact) mass is 337 g/mol. The molecule has 25 heavy (non-hydrogen) atoms. The fraction of sp³-hybridized carbons (Fsp3) is 0.450. The molecule has 0 N–H and O–H groups in total. The van der Waals surface area contributed by atoms with Gasteiger partial charge < -0.3 is 4.74 Å². The van der Waals surface area contributed by atoms with Crippen molar-refractivity contribution in [1.29, 1.82) is 0 Å². The van der Waals surface area contributed by atoms with E-state index >= 15 is 0 Å². The molecule has 5 rings (SSSR count). The number of Topliss-reactive ketones (excluding diaryl/α,β-unsaturated/α-hetero) is 1. The molecule has 5 heteroatoms. The number of benzene rings is 1. The van der Waals surface area contributed by atoms with Gasteiger partial charge in [-0.15, -0.1) is 0 Å². The molecule has 128 valence electrons. The first-order valence-electron chi connectivity index (χ1n) is 8.75. The average Bonchev–Trinajstić information content (AvgIpc) is 3.19. The highest BCUT2D eigenvalue weighted by Crippen LogP contribution is 2.73. The van der Waals surface area contributed by atoms with Crippen LogP contribution in [0.1, 0.15) is 30.1 Å². The molecule has 2 saturated carbocycles. The number of nitrogens with zero attached hydrogens (tertiary/aromatic N) is 1. The van der Waals surface area contributed by atoms with Crippen LogP contribution in [0.15, 0.2) is 30.4 Å². The van der Waals surface area contributed by atoms with E-state index in [1.165, 1.54) is 18.9 Å². The molecule has 1 aromatic rings. The second kappa shape index (κ2) is 4.59. The standard InChI is InChI=1S/C20H19NO4/c1-10(22)11-3-6-15(25-2)14(9-11)21-18(23)16-12-4-5-13(17(16)19(21)24)20(12)7-8-20/h3-6,9,12-13,16-17H,7-8H2,1-2H3/t12-,13-,16+,17+/m1/s1. The van der Waals surface area contributed by atoms with Gasteiger partial charge >= 0.3 is 0 Å². The van der Waals surface area contributed by atoms with Crippen molar-refractivity contribution in [2.24, 2.45) is 29.1 Å². The van der Waals surface area contributed by atoms with Crippen LogP contribution in [0.25, 0.3) is 0 Å². The molecule has 3 aliphatic carbocycles. The minimum absolute atomic E-state index is 0.109. The van der Waals surface area contributed by atoms with Crippen LogP contribution in [0.4, 0.5) is 5.69 Å². The summed E-state index contributed by atoms with van der Waals surface area (Å²) >= 11 is 0. The number of imide groups is 1. The van der Waals surface area contributed by atoms with Gasteiger partial charge in [-0.1, -0.05) is 12.2 Å². The molecule has 0 aromatic heterocycles. The van der Waals surface area contributed by atoms with Crippen molar-refractivity contribution >= 4 is 23.3 Å². The van der Waals surface area contributed by atoms with Gasteiger partial charge in [-0.05, 0) is 55.2 Å². The minimum atomic E-state index is -0.254. The molecule has 3 fully saturated rings. The lowest BCUT2D eigenvalue weighted by Crippen LogP contribution is -2.35. The van der Waals surface area contributed by atoms with Gasteiger partial charge in [-0.3, -0.25) is 14.4 Å². The summed E-state index contributed by atoms with van der Waals surface area (Å²) in [5.74, 6) is -0.0903. The van der Waals surface area contributed by atoms with Gasteiger partial charge in [-0.2, -0.15) is 0 Å². The molecule has 2 bridgehead atoms. The van der Waals surface area contributed by atoms with Gasteiger partial charge in [0, 0.05) is 5.56 Å². The van der Waals surface area contributed by atoms with E-state index in [-0.39, 0.29) is 46.7 Å². The van der Waals surface area contributed by atoms with Gasteiger partial charge in [-0.25, -0.2) is 4.90 Å². The number of carbonyl (C=O) groups excluding carboxylic acids is 3. The molecule has 1 saturated heterocycles. The summed E-state index contributed by atoms with van der Waals surface area (Å²) < 4.78 is 5.36. The van der Waals surface area contributed by atoms with E-state index in [1.807, 2.05) is 0 Å². The normalized spacial score (nSPS) is 33.3. The minimum Gasteiger partial charge on any atom is -0.495 e. The predicted molar refractivity (Wildman–Crippen MR) is 90.3 cm³/mol. The second-order valence-electron chi connectivity index (χ2n) is 7.68. The molecule has 0 unspecified atom stereocenters. The van der Waals surface area contributed by atoms with Gasteiger partial charge in [0.05, 0.1) is 24.6 Å². The van der Waals surface area contributed by atoms with E-state index in [0.717, 1.165) is 12.8 Å². The Hall–Kier alpha value is -2.43. The zero-order valence-corrected chi connectivity index (χ0v) is 14.2. The topological polar surface area (TPSA) is 63.7 Å². The number of methoxy groups -OCH3 is 1. The maximum atomic E-state index is 13.2. The second-order valence-corrected chi connectivity index (χ2v) is 7.68. The summed E-state index contributed by atoms with van der Waals surface area (Å²) in [6.45, 7) is 1.47. The third kappa shape index (κ3) is 1.66. The van der Waals surface area contributed by atoms with E-state index < -0.39 is 0 Å². The number of allylic oxidation sites excluding steroid dienone is 2. The van der Waals surface area contributed by atoms with Gasteiger partial charge in [0.15, 0.2) is 5.78 Å². The summed E-state index contributed by atoms with van der Waals surface area (Å²) in [7, 11) is 1.50. The van der Waals surface area contributed by atoms with Crippen LogP contribution in [-0.2, 0) is 9.59 Å². The van der Waals surface area contributed by atoms with Crippen LogP contribution < -0.4 is 9.64 Å². The van der Waals surface area contributed by atoms with E-state index in [9.17, 15) is 14.4 Å². The Bertz CT molecular complexity index is 832. The summed E-state index contributed by atoms with van der Waals surface area (Å²) in [4.78, 5) is 39.4. The summed E-state index contributed by atoms with van der Waals surface area (Å²) in [5, 5.41) is 0. The van der Waals surface area contributed by atoms with Crippen molar-refractivity contribution in [1.82, 2.24) is 0 Å². The first-order valence-corrected chi connectivity index (χ1v) is 8.75. The van der Waals surface area contributed by atoms with Gasteiger partial charge in [0.25, 0.3) is 0 Å². The maximum absolute atomic E-state index is 13.2. The molecular weight excluding hydrogens is 318 g/mol.